The molecular formula is C18H27N3O2S. The Bertz CT molecular complexity index is 594. The van der Waals surface area contributed by atoms with E-state index in [-0.39, 0.29) is 18.4 Å². The summed E-state index contributed by atoms with van der Waals surface area (Å²) in [5, 5.41) is 1.16. The van der Waals surface area contributed by atoms with Gasteiger partial charge in [-0.15, -0.1) is 11.3 Å². The number of aromatic nitrogens is 1. The fourth-order valence-electron chi connectivity index (χ4n) is 3.55. The van der Waals surface area contributed by atoms with Crippen LogP contribution in [0.15, 0.2) is 0 Å². The largest absolute Gasteiger partial charge is 0.340 e. The number of hydrogen-bond donors (Lipinski definition) is 0. The number of aryl methyl sites for hydroxylation is 2. The predicted octanol–water partition coefficient (Wildman–Crippen LogP) is 2.87. The molecule has 1 aromatic rings. The van der Waals surface area contributed by atoms with E-state index in [4.69, 9.17) is 0 Å². The topological polar surface area (TPSA) is 53.5 Å². The molecule has 0 N–H and O–H groups in total. The third kappa shape index (κ3) is 3.97. The summed E-state index contributed by atoms with van der Waals surface area (Å²) in [5.74, 6) is 0.584. The van der Waals surface area contributed by atoms with Gasteiger partial charge in [-0.3, -0.25) is 9.59 Å². The number of thiazole rings is 1. The number of carbonyl (C=O) groups excluding carboxylic acids is 2. The highest BCUT2D eigenvalue weighted by Gasteiger charge is 2.29. The minimum atomic E-state index is 0.0972. The predicted molar refractivity (Wildman–Crippen MR) is 95.2 cm³/mol. The average Bonchev–Trinajstić information content (AvgIpc) is 2.78. The maximum Gasteiger partial charge on any atom is 0.242 e. The maximum atomic E-state index is 12.7. The third-order valence-corrected chi connectivity index (χ3v) is 6.40. The van der Waals surface area contributed by atoms with E-state index in [1.165, 1.54) is 4.88 Å². The Morgan fingerprint density at radius 2 is 2.04 bits per heavy atom. The number of piperidine rings is 1. The van der Waals surface area contributed by atoms with Crippen LogP contribution in [0.2, 0.25) is 0 Å². The van der Waals surface area contributed by atoms with Crippen molar-refractivity contribution in [2.75, 3.05) is 26.2 Å². The number of rotatable bonds is 3. The molecule has 24 heavy (non-hydrogen) atoms. The molecule has 1 unspecified atom stereocenters. The molecule has 0 radical (unpaired) electrons. The van der Waals surface area contributed by atoms with E-state index in [1.54, 1.807) is 16.2 Å². The van der Waals surface area contributed by atoms with E-state index in [0.29, 0.717) is 12.3 Å². The third-order valence-electron chi connectivity index (χ3n) is 5.17. The Labute approximate surface area is 148 Å². The van der Waals surface area contributed by atoms with Crippen molar-refractivity contribution < 1.29 is 9.59 Å². The lowest BCUT2D eigenvalue weighted by atomic mass is 9.98. The molecule has 5 nitrogen and oxygen atoms in total. The molecular weight excluding hydrogens is 322 g/mol. The van der Waals surface area contributed by atoms with Gasteiger partial charge in [0.25, 0.3) is 0 Å². The van der Waals surface area contributed by atoms with Crippen molar-refractivity contribution >= 4 is 23.2 Å². The van der Waals surface area contributed by atoms with Crippen LogP contribution in [0.25, 0.3) is 0 Å². The molecule has 132 valence electrons. The van der Waals surface area contributed by atoms with Gasteiger partial charge in [0.2, 0.25) is 11.8 Å². The van der Waals surface area contributed by atoms with Crippen LogP contribution in [0.1, 0.15) is 60.0 Å². The van der Waals surface area contributed by atoms with E-state index in [9.17, 15) is 9.59 Å². The maximum absolute atomic E-state index is 12.7. The van der Waals surface area contributed by atoms with E-state index in [2.05, 4.69) is 11.9 Å². The molecule has 3 heterocycles. The molecule has 2 aliphatic heterocycles. The van der Waals surface area contributed by atoms with Gasteiger partial charge in [-0.1, -0.05) is 6.42 Å². The van der Waals surface area contributed by atoms with Crippen molar-refractivity contribution in [1.29, 1.82) is 0 Å². The van der Waals surface area contributed by atoms with Crippen molar-refractivity contribution in [3.8, 4) is 0 Å². The fourth-order valence-corrected chi connectivity index (χ4v) is 4.60. The van der Waals surface area contributed by atoms with Crippen molar-refractivity contribution in [3.05, 3.63) is 15.6 Å². The van der Waals surface area contributed by atoms with Gasteiger partial charge in [-0.2, -0.15) is 0 Å². The minimum absolute atomic E-state index is 0.0972. The molecule has 0 aliphatic carbocycles. The minimum Gasteiger partial charge on any atom is -0.340 e. The van der Waals surface area contributed by atoms with Gasteiger partial charge in [0, 0.05) is 36.9 Å². The lowest BCUT2D eigenvalue weighted by molar-refractivity contribution is -0.140. The zero-order valence-electron chi connectivity index (χ0n) is 14.7. The van der Waals surface area contributed by atoms with Gasteiger partial charge in [0.1, 0.15) is 0 Å². The monoisotopic (exact) mass is 349 g/mol. The fraction of sp³-hybridized carbons (Fsp3) is 0.722. The van der Waals surface area contributed by atoms with Crippen LogP contribution < -0.4 is 0 Å². The van der Waals surface area contributed by atoms with Gasteiger partial charge < -0.3 is 9.80 Å². The molecule has 0 saturated carbocycles. The first kappa shape index (κ1) is 17.4. The molecule has 2 aliphatic rings. The molecule has 2 amide bonds. The Morgan fingerprint density at radius 3 is 2.79 bits per heavy atom. The first-order chi connectivity index (χ1) is 11.5. The second-order valence-corrected chi connectivity index (χ2v) is 8.23. The average molecular weight is 350 g/mol. The quantitative estimate of drug-likeness (QED) is 0.843. The van der Waals surface area contributed by atoms with Crippen molar-refractivity contribution in [2.24, 2.45) is 0 Å². The van der Waals surface area contributed by atoms with Gasteiger partial charge in [-0.05, 0) is 39.5 Å². The van der Waals surface area contributed by atoms with Crippen LogP contribution in [-0.2, 0) is 9.59 Å². The highest BCUT2D eigenvalue weighted by atomic mass is 32.1. The molecule has 2 saturated heterocycles. The van der Waals surface area contributed by atoms with Crippen molar-refractivity contribution in [2.45, 2.75) is 58.3 Å². The molecule has 1 atom stereocenters. The SMILES string of the molecule is Cc1nc(C2CCCN(C(=O)CN3CCCCCC3=O)C2)sc1C. The number of carbonyl (C=O) groups is 2. The summed E-state index contributed by atoms with van der Waals surface area (Å²) in [6, 6.07) is 0. The summed E-state index contributed by atoms with van der Waals surface area (Å²) in [5.41, 5.74) is 1.11. The number of hydrogen-bond acceptors (Lipinski definition) is 4. The van der Waals surface area contributed by atoms with Gasteiger partial charge in [0.05, 0.1) is 17.2 Å². The lowest BCUT2D eigenvalue weighted by Gasteiger charge is -2.33. The summed E-state index contributed by atoms with van der Waals surface area (Å²) >= 11 is 1.76. The highest BCUT2D eigenvalue weighted by molar-refractivity contribution is 7.11. The molecule has 3 rings (SSSR count). The van der Waals surface area contributed by atoms with E-state index >= 15 is 0 Å². The number of likely N-dealkylation sites (tertiary alicyclic amines) is 2. The van der Waals surface area contributed by atoms with Crippen LogP contribution in [-0.4, -0.2) is 52.8 Å². The molecule has 6 heteroatoms. The Morgan fingerprint density at radius 1 is 1.21 bits per heavy atom. The van der Waals surface area contributed by atoms with Crippen LogP contribution in [0.3, 0.4) is 0 Å². The first-order valence-corrected chi connectivity index (χ1v) is 9.85. The standard InChI is InChI=1S/C18H27N3O2S/c1-13-14(2)24-18(19-13)15-7-6-10-20(11-15)17(23)12-21-9-5-3-4-8-16(21)22/h15H,3-12H2,1-2H3. The Hall–Kier alpha value is -1.43. The zero-order chi connectivity index (χ0) is 17.1. The van der Waals surface area contributed by atoms with Gasteiger partial charge >= 0.3 is 0 Å². The van der Waals surface area contributed by atoms with Crippen LogP contribution in [0.4, 0.5) is 0 Å². The Balaban J connectivity index is 1.61. The van der Waals surface area contributed by atoms with E-state index < -0.39 is 0 Å². The zero-order valence-corrected chi connectivity index (χ0v) is 15.5. The van der Waals surface area contributed by atoms with Crippen LogP contribution in [0.5, 0.6) is 0 Å². The van der Waals surface area contributed by atoms with E-state index in [0.717, 1.165) is 62.4 Å². The van der Waals surface area contributed by atoms with Crippen molar-refractivity contribution in [3.63, 3.8) is 0 Å². The summed E-state index contributed by atoms with van der Waals surface area (Å²) in [6.45, 7) is 6.68. The number of nitrogens with zero attached hydrogens (tertiary/aromatic N) is 3. The normalized spacial score (nSPS) is 22.6. The van der Waals surface area contributed by atoms with Crippen LogP contribution in [0, 0.1) is 13.8 Å². The molecule has 1 aromatic heterocycles. The van der Waals surface area contributed by atoms with Crippen molar-refractivity contribution in [1.82, 2.24) is 14.8 Å². The second kappa shape index (κ2) is 7.64. The molecule has 2 fully saturated rings. The summed E-state index contributed by atoms with van der Waals surface area (Å²) < 4.78 is 0. The first-order valence-electron chi connectivity index (χ1n) is 9.04. The summed E-state index contributed by atoms with van der Waals surface area (Å²) in [6.07, 6.45) is 5.76. The summed E-state index contributed by atoms with van der Waals surface area (Å²) in [4.78, 5) is 34.4. The number of amides is 2. The summed E-state index contributed by atoms with van der Waals surface area (Å²) in [7, 11) is 0. The molecule has 0 bridgehead atoms. The van der Waals surface area contributed by atoms with Gasteiger partial charge in [-0.25, -0.2) is 4.98 Å². The second-order valence-electron chi connectivity index (χ2n) is 7.00. The molecule has 0 aromatic carbocycles. The molecule has 0 spiro atoms. The van der Waals surface area contributed by atoms with E-state index in [1.807, 2.05) is 11.8 Å². The highest BCUT2D eigenvalue weighted by Crippen LogP contribution is 2.31. The lowest BCUT2D eigenvalue weighted by Crippen LogP contribution is -2.46. The van der Waals surface area contributed by atoms with Crippen LogP contribution >= 0.6 is 11.3 Å². The smallest absolute Gasteiger partial charge is 0.242 e. The Kier molecular flexibility index (Phi) is 5.54. The van der Waals surface area contributed by atoms with Gasteiger partial charge in [0.15, 0.2) is 0 Å².